The third-order valence-electron chi connectivity index (χ3n) is 5.69. The Bertz CT molecular complexity index is 1750. The summed E-state index contributed by atoms with van der Waals surface area (Å²) in [4.78, 5) is 16.6. The van der Waals surface area contributed by atoms with Crippen molar-refractivity contribution in [3.63, 3.8) is 0 Å². The Labute approximate surface area is 240 Å². The summed E-state index contributed by atoms with van der Waals surface area (Å²) < 4.78 is 100. The summed E-state index contributed by atoms with van der Waals surface area (Å²) in [5.74, 6) is -0.394. The third-order valence-corrected chi connectivity index (χ3v) is 7.72. The van der Waals surface area contributed by atoms with E-state index in [0.29, 0.717) is 4.52 Å². The van der Waals surface area contributed by atoms with Gasteiger partial charge in [0.15, 0.2) is 11.4 Å². The number of aliphatic hydroxyl groups excluding tert-OH is 1. The minimum absolute atomic E-state index is 0.0742. The van der Waals surface area contributed by atoms with E-state index in [1.54, 1.807) is 0 Å². The number of rotatable bonds is 8. The molecule has 0 bridgehead atoms. The molecule has 0 aliphatic heterocycles. The predicted molar refractivity (Wildman–Crippen MR) is 141 cm³/mol. The van der Waals surface area contributed by atoms with Crippen molar-refractivity contribution in [1.82, 2.24) is 19.3 Å². The first-order chi connectivity index (χ1) is 19.5. The number of aromatic nitrogens is 3. The lowest BCUT2D eigenvalue weighted by Gasteiger charge is -2.23. The van der Waals surface area contributed by atoms with Crippen LogP contribution in [0.3, 0.4) is 0 Å². The number of halogens is 6. The monoisotopic (exact) mass is 633 g/mol. The van der Waals surface area contributed by atoms with Crippen molar-refractivity contribution in [2.24, 2.45) is 0 Å². The van der Waals surface area contributed by atoms with Crippen molar-refractivity contribution in [1.29, 1.82) is 0 Å². The van der Waals surface area contributed by atoms with Crippen molar-refractivity contribution in [2.75, 3.05) is 11.9 Å². The zero-order chi connectivity index (χ0) is 31.0. The van der Waals surface area contributed by atoms with Gasteiger partial charge in [0.1, 0.15) is 5.69 Å². The molecule has 17 heteroatoms. The molecule has 2 aromatic carbocycles. The van der Waals surface area contributed by atoms with Gasteiger partial charge >= 0.3 is 12.3 Å². The van der Waals surface area contributed by atoms with Crippen LogP contribution < -0.4 is 14.8 Å². The van der Waals surface area contributed by atoms with Crippen LogP contribution in [0.25, 0.3) is 16.9 Å². The second-order valence-corrected chi connectivity index (χ2v) is 11.6. The summed E-state index contributed by atoms with van der Waals surface area (Å²) in [7, 11) is -4.16. The molecule has 0 radical (unpaired) electrons. The molecule has 4 rings (SSSR count). The molecule has 2 aromatic heterocycles. The molecule has 224 valence electrons. The van der Waals surface area contributed by atoms with Crippen LogP contribution in [0.2, 0.25) is 5.02 Å². The summed E-state index contributed by atoms with van der Waals surface area (Å²) in [6, 6.07) is 7.98. The molecule has 0 saturated carbocycles. The molecule has 0 spiro atoms. The van der Waals surface area contributed by atoms with Gasteiger partial charge in [-0.1, -0.05) is 23.7 Å². The molecule has 4 aromatic rings. The van der Waals surface area contributed by atoms with Crippen LogP contribution >= 0.6 is 11.6 Å². The van der Waals surface area contributed by atoms with Gasteiger partial charge in [-0.05, 0) is 50.2 Å². The Balaban J connectivity index is 1.64. The average molecular weight is 634 g/mol. The van der Waals surface area contributed by atoms with E-state index in [9.17, 15) is 40.3 Å². The van der Waals surface area contributed by atoms with E-state index < -0.39 is 57.9 Å². The summed E-state index contributed by atoms with van der Waals surface area (Å²) in [5.41, 5.74) is -3.43. The number of carbonyl (C=O) groups excluding carboxylic acids is 1. The Morgan fingerprint density at radius 3 is 2.38 bits per heavy atom. The lowest BCUT2D eigenvalue weighted by Crippen LogP contribution is -2.46. The highest BCUT2D eigenvalue weighted by atomic mass is 35.5. The minimum Gasteiger partial charge on any atom is -0.404 e. The molecule has 0 saturated heterocycles. The highest BCUT2D eigenvalue weighted by Crippen LogP contribution is 2.33. The van der Waals surface area contributed by atoms with Gasteiger partial charge in [-0.2, -0.15) is 18.3 Å². The van der Waals surface area contributed by atoms with Gasteiger partial charge in [-0.3, -0.25) is 5.32 Å². The van der Waals surface area contributed by atoms with Crippen LogP contribution in [0.1, 0.15) is 31.5 Å². The van der Waals surface area contributed by atoms with Gasteiger partial charge in [0, 0.05) is 5.56 Å². The van der Waals surface area contributed by atoms with Crippen molar-refractivity contribution in [3.8, 4) is 17.0 Å². The van der Waals surface area contributed by atoms with Crippen molar-refractivity contribution < 1.29 is 45.0 Å². The number of sulfonamides is 1. The number of nitrogens with one attached hydrogen (secondary N) is 2. The predicted octanol–water partition coefficient (Wildman–Crippen LogP) is 5.67. The number of fused-ring (bicyclic) bond motifs is 1. The molecule has 42 heavy (non-hydrogen) atoms. The number of carbonyl (C=O) groups is 1. The molecule has 0 aliphatic rings. The number of amides is 1. The zero-order valence-electron chi connectivity index (χ0n) is 21.6. The summed E-state index contributed by atoms with van der Waals surface area (Å²) in [6.07, 6.45) is -7.99. The van der Waals surface area contributed by atoms with Crippen LogP contribution in [0.15, 0.2) is 59.6 Å². The van der Waals surface area contributed by atoms with Gasteiger partial charge in [-0.15, -0.1) is 0 Å². The maximum Gasteiger partial charge on any atom is 0.417 e. The maximum absolute atomic E-state index is 13.8. The molecular formula is C25H21ClF5N5O5S. The number of aliphatic hydroxyl groups is 1. The molecule has 0 aliphatic carbocycles. The minimum atomic E-state index is -4.61. The van der Waals surface area contributed by atoms with Gasteiger partial charge in [-0.25, -0.2) is 36.2 Å². The smallest absolute Gasteiger partial charge is 0.404 e. The second kappa shape index (κ2) is 11.4. The van der Waals surface area contributed by atoms with E-state index in [1.165, 1.54) is 26.0 Å². The van der Waals surface area contributed by atoms with Crippen LogP contribution in [0, 0.1) is 0 Å². The van der Waals surface area contributed by atoms with Gasteiger partial charge < -0.3 is 9.84 Å². The fourth-order valence-electron chi connectivity index (χ4n) is 3.63. The standard InChI is InChI=1S/C25H21ClF5N5O5S/c1-24(2,12-37)35-42(39,40)15-7-8-16(26)18(9-15)34-23(38)41-20-11-32-36-19(21(27)28)10-17(33-22(20)36)13-3-5-14(6-4-13)25(29,30)31/h3-11,21,35,37H,12H2,1-2H3,(H,34,38). The first-order valence-corrected chi connectivity index (χ1v) is 13.6. The third kappa shape index (κ3) is 6.78. The highest BCUT2D eigenvalue weighted by Gasteiger charge is 2.30. The SMILES string of the molecule is CC(C)(CO)NS(=O)(=O)c1ccc(Cl)c(NC(=O)Oc2cnn3c(C(F)F)cc(-c4ccc(C(F)(F)F)cc4)nc23)c1. The Hall–Kier alpha value is -3.86. The first kappa shape index (κ1) is 31.1. The fraction of sp³-hybridized carbons (Fsp3) is 0.240. The van der Waals surface area contributed by atoms with E-state index in [2.05, 4.69) is 20.1 Å². The Kier molecular flexibility index (Phi) is 8.46. The van der Waals surface area contributed by atoms with E-state index in [4.69, 9.17) is 16.3 Å². The summed E-state index contributed by atoms with van der Waals surface area (Å²) >= 11 is 6.10. The Morgan fingerprint density at radius 2 is 1.79 bits per heavy atom. The average Bonchev–Trinajstić information content (AvgIpc) is 3.30. The lowest BCUT2D eigenvalue weighted by molar-refractivity contribution is -0.137. The molecule has 2 heterocycles. The van der Waals surface area contributed by atoms with Gasteiger partial charge in [0.2, 0.25) is 10.0 Å². The van der Waals surface area contributed by atoms with E-state index in [1.807, 2.05) is 0 Å². The van der Waals surface area contributed by atoms with E-state index in [0.717, 1.165) is 42.6 Å². The molecule has 3 N–H and O–H groups in total. The summed E-state index contributed by atoms with van der Waals surface area (Å²) in [6.45, 7) is 2.40. The quantitative estimate of drug-likeness (QED) is 0.213. The molecule has 0 fully saturated rings. The second-order valence-electron chi connectivity index (χ2n) is 9.49. The van der Waals surface area contributed by atoms with Crippen LogP contribution in [-0.2, 0) is 16.2 Å². The number of benzene rings is 2. The number of hydrogen-bond acceptors (Lipinski definition) is 7. The largest absolute Gasteiger partial charge is 0.417 e. The molecule has 0 unspecified atom stereocenters. The van der Waals surface area contributed by atoms with Crippen molar-refractivity contribution in [3.05, 3.63) is 71.0 Å². The van der Waals surface area contributed by atoms with Crippen LogP contribution in [-0.4, -0.2) is 46.4 Å². The number of ether oxygens (including phenoxy) is 1. The Morgan fingerprint density at radius 1 is 1.12 bits per heavy atom. The lowest BCUT2D eigenvalue weighted by atomic mass is 10.1. The zero-order valence-corrected chi connectivity index (χ0v) is 23.2. The molecule has 10 nitrogen and oxygen atoms in total. The first-order valence-electron chi connectivity index (χ1n) is 11.8. The van der Waals surface area contributed by atoms with E-state index >= 15 is 0 Å². The van der Waals surface area contributed by atoms with Gasteiger partial charge in [0.05, 0.1) is 45.2 Å². The fourth-order valence-corrected chi connectivity index (χ4v) is 5.22. The van der Waals surface area contributed by atoms with Crippen molar-refractivity contribution in [2.45, 2.75) is 36.9 Å². The maximum atomic E-state index is 13.8. The van der Waals surface area contributed by atoms with Gasteiger partial charge in [0.25, 0.3) is 6.43 Å². The molecule has 1 amide bonds. The van der Waals surface area contributed by atoms with Crippen LogP contribution in [0.4, 0.5) is 32.4 Å². The highest BCUT2D eigenvalue weighted by molar-refractivity contribution is 7.89. The summed E-state index contributed by atoms with van der Waals surface area (Å²) in [5, 5.41) is 15.3. The molecular weight excluding hydrogens is 613 g/mol. The topological polar surface area (TPSA) is 135 Å². The van der Waals surface area contributed by atoms with E-state index in [-0.39, 0.29) is 32.5 Å². The molecule has 0 atom stereocenters. The van der Waals surface area contributed by atoms with Crippen molar-refractivity contribution >= 4 is 39.1 Å². The van der Waals surface area contributed by atoms with Crippen LogP contribution in [0.5, 0.6) is 5.75 Å². The number of nitrogens with zero attached hydrogens (tertiary/aromatic N) is 3. The number of anilines is 1. The number of alkyl halides is 5. The number of hydrogen-bond donors (Lipinski definition) is 3. The normalized spacial score (nSPS) is 12.6.